The second-order valence-corrected chi connectivity index (χ2v) is 6.61. The van der Waals surface area contributed by atoms with Crippen LogP contribution in [0.1, 0.15) is 44.7 Å². The molecule has 0 spiro atoms. The van der Waals surface area contributed by atoms with Crippen LogP contribution in [-0.2, 0) is 20.4 Å². The molecule has 0 aromatic heterocycles. The summed E-state index contributed by atoms with van der Waals surface area (Å²) in [4.78, 5) is 11.9. The number of benzene rings is 1. The van der Waals surface area contributed by atoms with E-state index >= 15 is 0 Å². The zero-order valence-corrected chi connectivity index (χ0v) is 12.3. The molecule has 1 aromatic rings. The molecule has 0 heterocycles. The van der Waals surface area contributed by atoms with Crippen molar-refractivity contribution in [2.45, 2.75) is 50.4 Å². The number of methoxy groups -OCH3 is 1. The fraction of sp³-hybridized carbons (Fsp3) is 0.562. The third kappa shape index (κ3) is 2.43. The maximum Gasteiger partial charge on any atom is 0.316 e. The van der Waals surface area contributed by atoms with E-state index in [1.54, 1.807) is 12.1 Å². The van der Waals surface area contributed by atoms with Gasteiger partial charge in [0.05, 0.1) is 7.11 Å². The van der Waals surface area contributed by atoms with Crippen LogP contribution in [0.2, 0.25) is 0 Å². The predicted octanol–water partition coefficient (Wildman–Crippen LogP) is 3.82. The fourth-order valence-electron chi connectivity index (χ4n) is 2.78. The van der Waals surface area contributed by atoms with Gasteiger partial charge in [-0.05, 0) is 16.5 Å². The fourth-order valence-corrected chi connectivity index (χ4v) is 2.78. The topological polar surface area (TPSA) is 26.3 Å². The Labute approximate surface area is 118 Å². The number of ether oxygens (including phenoxy) is 1. The highest BCUT2D eigenvalue weighted by molar-refractivity contribution is 5.85. The van der Waals surface area contributed by atoms with Crippen LogP contribution < -0.4 is 0 Å². The number of halogens is 2. The molecule has 110 valence electrons. The van der Waals surface area contributed by atoms with E-state index in [9.17, 15) is 13.6 Å². The van der Waals surface area contributed by atoms with Crippen LogP contribution in [0.25, 0.3) is 0 Å². The smallest absolute Gasteiger partial charge is 0.316 e. The van der Waals surface area contributed by atoms with Crippen molar-refractivity contribution in [3.63, 3.8) is 0 Å². The second kappa shape index (κ2) is 4.54. The van der Waals surface area contributed by atoms with E-state index in [0.717, 1.165) is 5.56 Å². The van der Waals surface area contributed by atoms with Crippen molar-refractivity contribution in [2.75, 3.05) is 7.11 Å². The summed E-state index contributed by atoms with van der Waals surface area (Å²) in [7, 11) is 1.24. The van der Waals surface area contributed by atoms with E-state index in [1.807, 2.05) is 12.1 Å². The maximum atomic E-state index is 13.3. The Bertz CT molecular complexity index is 504. The van der Waals surface area contributed by atoms with Crippen LogP contribution in [0.5, 0.6) is 0 Å². The number of hydrogen-bond acceptors (Lipinski definition) is 2. The first kappa shape index (κ1) is 14.9. The highest BCUT2D eigenvalue weighted by Crippen LogP contribution is 2.54. The Morgan fingerprint density at radius 1 is 1.15 bits per heavy atom. The zero-order valence-electron chi connectivity index (χ0n) is 12.3. The molecule has 1 aromatic carbocycles. The van der Waals surface area contributed by atoms with Crippen molar-refractivity contribution < 1.29 is 18.3 Å². The normalized spacial score (nSPS) is 20.1. The van der Waals surface area contributed by atoms with E-state index in [4.69, 9.17) is 4.74 Å². The summed E-state index contributed by atoms with van der Waals surface area (Å²) < 4.78 is 31.3. The summed E-state index contributed by atoms with van der Waals surface area (Å²) >= 11 is 0. The van der Waals surface area contributed by atoms with E-state index in [1.165, 1.54) is 7.11 Å². The van der Waals surface area contributed by atoms with Crippen molar-refractivity contribution in [1.29, 1.82) is 0 Å². The van der Waals surface area contributed by atoms with Gasteiger partial charge in [-0.3, -0.25) is 4.79 Å². The quantitative estimate of drug-likeness (QED) is 0.771. The summed E-state index contributed by atoms with van der Waals surface area (Å²) in [5, 5.41) is 0. The van der Waals surface area contributed by atoms with E-state index < -0.39 is 30.1 Å². The predicted molar refractivity (Wildman–Crippen MR) is 73.0 cm³/mol. The van der Waals surface area contributed by atoms with Crippen LogP contribution in [0.4, 0.5) is 8.78 Å². The van der Waals surface area contributed by atoms with Crippen molar-refractivity contribution in [1.82, 2.24) is 0 Å². The molecule has 1 aliphatic carbocycles. The lowest BCUT2D eigenvalue weighted by molar-refractivity contribution is -0.177. The van der Waals surface area contributed by atoms with Gasteiger partial charge in [-0.15, -0.1) is 0 Å². The molecule has 1 saturated carbocycles. The highest BCUT2D eigenvalue weighted by Gasteiger charge is 2.62. The second-order valence-electron chi connectivity index (χ2n) is 6.61. The first-order valence-corrected chi connectivity index (χ1v) is 6.68. The number of carbonyl (C=O) groups is 1. The van der Waals surface area contributed by atoms with Gasteiger partial charge >= 0.3 is 5.97 Å². The Balaban J connectivity index is 2.35. The Kier molecular flexibility index (Phi) is 3.39. The number of alkyl halides is 2. The van der Waals surface area contributed by atoms with Gasteiger partial charge in [0, 0.05) is 12.8 Å². The molecule has 0 radical (unpaired) electrons. The van der Waals surface area contributed by atoms with Gasteiger partial charge in [-0.2, -0.15) is 0 Å². The molecule has 0 bridgehead atoms. The lowest BCUT2D eigenvalue weighted by Crippen LogP contribution is -2.54. The third-order valence-corrected chi connectivity index (χ3v) is 4.00. The molecule has 4 heteroatoms. The minimum absolute atomic E-state index is 0.0134. The summed E-state index contributed by atoms with van der Waals surface area (Å²) in [6, 6.07) is 7.34. The first-order valence-electron chi connectivity index (χ1n) is 6.68. The van der Waals surface area contributed by atoms with Crippen LogP contribution in [0, 0.1) is 0 Å². The lowest BCUT2D eigenvalue weighted by Gasteiger charge is -2.45. The molecule has 0 saturated heterocycles. The largest absolute Gasteiger partial charge is 0.468 e. The van der Waals surface area contributed by atoms with Gasteiger partial charge in [0.15, 0.2) is 0 Å². The van der Waals surface area contributed by atoms with Gasteiger partial charge < -0.3 is 4.74 Å². The molecule has 2 rings (SSSR count). The van der Waals surface area contributed by atoms with E-state index in [-0.39, 0.29) is 5.41 Å². The molecule has 1 fully saturated rings. The monoisotopic (exact) mass is 282 g/mol. The molecule has 2 nitrogen and oxygen atoms in total. The van der Waals surface area contributed by atoms with E-state index in [2.05, 4.69) is 20.8 Å². The van der Waals surface area contributed by atoms with Crippen LogP contribution in [0.3, 0.4) is 0 Å². The summed E-state index contributed by atoms with van der Waals surface area (Å²) in [6.45, 7) is 6.24. The third-order valence-electron chi connectivity index (χ3n) is 4.00. The van der Waals surface area contributed by atoms with Gasteiger partial charge in [0.2, 0.25) is 0 Å². The Hall–Kier alpha value is -1.45. The molecule has 0 unspecified atom stereocenters. The number of rotatable bonds is 2. The SMILES string of the molecule is COC(=O)C1(c2ccc(C(C)(C)C)cc2)CC(F)(F)C1. The average Bonchev–Trinajstić information content (AvgIpc) is 2.33. The first-order chi connectivity index (χ1) is 9.11. The summed E-state index contributed by atoms with van der Waals surface area (Å²) in [6.07, 6.45) is -0.941. The molecule has 0 N–H and O–H groups in total. The number of hydrogen-bond donors (Lipinski definition) is 0. The van der Waals surface area contributed by atoms with Crippen molar-refractivity contribution in [2.24, 2.45) is 0 Å². The van der Waals surface area contributed by atoms with Crippen molar-refractivity contribution in [3.05, 3.63) is 35.4 Å². The number of carbonyl (C=O) groups excluding carboxylic acids is 1. The minimum atomic E-state index is -2.78. The average molecular weight is 282 g/mol. The minimum Gasteiger partial charge on any atom is -0.468 e. The molecule has 1 aliphatic rings. The zero-order chi connectivity index (χ0) is 15.2. The number of esters is 1. The standard InChI is InChI=1S/C16H20F2O2/c1-14(2,3)11-5-7-12(8-6-11)15(13(19)20-4)9-16(17,18)10-15/h5-8H,9-10H2,1-4H3. The van der Waals surface area contributed by atoms with Gasteiger partial charge in [0.25, 0.3) is 5.92 Å². The van der Waals surface area contributed by atoms with Gasteiger partial charge in [0.1, 0.15) is 5.41 Å². The Morgan fingerprint density at radius 3 is 2.00 bits per heavy atom. The van der Waals surface area contributed by atoms with Crippen molar-refractivity contribution in [3.8, 4) is 0 Å². The lowest BCUT2D eigenvalue weighted by atomic mass is 9.62. The summed E-state index contributed by atoms with van der Waals surface area (Å²) in [5.74, 6) is -3.36. The van der Waals surface area contributed by atoms with Crippen LogP contribution >= 0.6 is 0 Å². The van der Waals surface area contributed by atoms with Crippen LogP contribution in [0.15, 0.2) is 24.3 Å². The molecular weight excluding hydrogens is 262 g/mol. The molecule has 0 aliphatic heterocycles. The molecule has 0 amide bonds. The van der Waals surface area contributed by atoms with Gasteiger partial charge in [-0.25, -0.2) is 8.78 Å². The molecular formula is C16H20F2O2. The highest BCUT2D eigenvalue weighted by atomic mass is 19.3. The maximum absolute atomic E-state index is 13.3. The van der Waals surface area contributed by atoms with Crippen LogP contribution in [-0.4, -0.2) is 19.0 Å². The van der Waals surface area contributed by atoms with Crippen molar-refractivity contribution >= 4 is 5.97 Å². The Morgan fingerprint density at radius 2 is 1.65 bits per heavy atom. The summed E-state index contributed by atoms with van der Waals surface area (Å²) in [5.41, 5.74) is 0.519. The molecule has 20 heavy (non-hydrogen) atoms. The molecule has 0 atom stereocenters. The van der Waals surface area contributed by atoms with E-state index in [0.29, 0.717) is 5.56 Å². The van der Waals surface area contributed by atoms with Gasteiger partial charge in [-0.1, -0.05) is 45.0 Å².